The van der Waals surface area contributed by atoms with Crippen LogP contribution < -0.4 is 10.1 Å². The third-order valence-electron chi connectivity index (χ3n) is 4.06. The Balaban J connectivity index is 0.00000312. The number of aliphatic imine (C=N–C) groups is 1. The van der Waals surface area contributed by atoms with Crippen molar-refractivity contribution in [2.75, 3.05) is 47.9 Å². The van der Waals surface area contributed by atoms with E-state index < -0.39 is 0 Å². The summed E-state index contributed by atoms with van der Waals surface area (Å²) >= 11 is 0. The molecule has 0 aromatic heterocycles. The molecule has 0 saturated carbocycles. The standard InChI is InChI=1S/C18H26N4O2.HI/c1-19-18(20-13-17(23)21(2)3)22-10-8-14(9-11-22)15-6-5-7-16(12-15)24-4;/h5-8,12H,9-11,13H2,1-4H3,(H,19,20);1H. The van der Waals surface area contributed by atoms with Gasteiger partial charge in [0.15, 0.2) is 5.96 Å². The number of hydrogen-bond acceptors (Lipinski definition) is 3. The van der Waals surface area contributed by atoms with E-state index in [1.54, 1.807) is 33.2 Å². The number of ether oxygens (including phenoxy) is 1. The molecule has 2 rings (SSSR count). The Morgan fingerprint density at radius 1 is 1.40 bits per heavy atom. The predicted octanol–water partition coefficient (Wildman–Crippen LogP) is 2.07. The molecule has 1 amide bonds. The number of amides is 1. The van der Waals surface area contributed by atoms with Crippen molar-refractivity contribution >= 4 is 41.4 Å². The number of carbonyl (C=O) groups is 1. The van der Waals surface area contributed by atoms with Crippen LogP contribution in [0.25, 0.3) is 5.57 Å². The van der Waals surface area contributed by atoms with Gasteiger partial charge < -0.3 is 19.9 Å². The summed E-state index contributed by atoms with van der Waals surface area (Å²) in [5.41, 5.74) is 2.50. The summed E-state index contributed by atoms with van der Waals surface area (Å²) in [4.78, 5) is 19.7. The molecule has 1 aromatic carbocycles. The highest BCUT2D eigenvalue weighted by atomic mass is 127. The Morgan fingerprint density at radius 2 is 2.16 bits per heavy atom. The normalized spacial score (nSPS) is 14.3. The lowest BCUT2D eigenvalue weighted by atomic mass is 9.99. The van der Waals surface area contributed by atoms with Gasteiger partial charge in [-0.05, 0) is 29.7 Å². The van der Waals surface area contributed by atoms with E-state index in [-0.39, 0.29) is 36.4 Å². The molecule has 0 radical (unpaired) electrons. The van der Waals surface area contributed by atoms with E-state index in [0.29, 0.717) is 0 Å². The maximum Gasteiger partial charge on any atom is 0.241 e. The fourth-order valence-corrected chi connectivity index (χ4v) is 2.59. The van der Waals surface area contributed by atoms with E-state index in [2.05, 4.69) is 33.4 Å². The summed E-state index contributed by atoms with van der Waals surface area (Å²) in [5, 5.41) is 3.13. The zero-order chi connectivity index (χ0) is 17.5. The van der Waals surface area contributed by atoms with Crippen LogP contribution in [0.2, 0.25) is 0 Å². The molecule has 1 heterocycles. The van der Waals surface area contributed by atoms with Crippen LogP contribution in [0.5, 0.6) is 5.75 Å². The molecule has 0 atom stereocenters. The predicted molar refractivity (Wildman–Crippen MR) is 113 cm³/mol. The minimum Gasteiger partial charge on any atom is -0.497 e. The first-order valence-corrected chi connectivity index (χ1v) is 8.04. The van der Waals surface area contributed by atoms with Crippen molar-refractivity contribution in [3.63, 3.8) is 0 Å². The number of benzene rings is 1. The molecule has 138 valence electrons. The summed E-state index contributed by atoms with van der Waals surface area (Å²) in [6.07, 6.45) is 3.13. The van der Waals surface area contributed by atoms with Crippen molar-refractivity contribution in [3.8, 4) is 5.75 Å². The van der Waals surface area contributed by atoms with Gasteiger partial charge in [0.05, 0.1) is 13.7 Å². The molecule has 0 unspecified atom stereocenters. The van der Waals surface area contributed by atoms with Gasteiger partial charge in [-0.15, -0.1) is 24.0 Å². The van der Waals surface area contributed by atoms with Crippen molar-refractivity contribution in [2.45, 2.75) is 6.42 Å². The van der Waals surface area contributed by atoms with E-state index in [9.17, 15) is 4.79 Å². The third kappa shape index (κ3) is 5.91. The van der Waals surface area contributed by atoms with Crippen LogP contribution in [0.4, 0.5) is 0 Å². The number of guanidine groups is 1. The van der Waals surface area contributed by atoms with E-state index in [0.717, 1.165) is 31.2 Å². The van der Waals surface area contributed by atoms with E-state index in [1.807, 2.05) is 12.1 Å². The molecular weight excluding hydrogens is 431 g/mol. The fourth-order valence-electron chi connectivity index (χ4n) is 2.59. The van der Waals surface area contributed by atoms with Crippen molar-refractivity contribution in [1.82, 2.24) is 15.1 Å². The van der Waals surface area contributed by atoms with Crippen LogP contribution >= 0.6 is 24.0 Å². The van der Waals surface area contributed by atoms with E-state index in [4.69, 9.17) is 4.74 Å². The molecule has 0 aliphatic carbocycles. The van der Waals surface area contributed by atoms with Crippen LogP contribution in [0.15, 0.2) is 35.3 Å². The van der Waals surface area contributed by atoms with Crippen molar-refractivity contribution < 1.29 is 9.53 Å². The molecule has 0 spiro atoms. The highest BCUT2D eigenvalue weighted by molar-refractivity contribution is 14.0. The molecular formula is C18H27IN4O2. The maximum absolute atomic E-state index is 11.7. The Hall–Kier alpha value is -1.77. The first kappa shape index (κ1) is 21.3. The van der Waals surface area contributed by atoms with Crippen LogP contribution in [-0.2, 0) is 4.79 Å². The van der Waals surface area contributed by atoms with Crippen LogP contribution in [0.3, 0.4) is 0 Å². The average Bonchev–Trinajstić information content (AvgIpc) is 2.62. The van der Waals surface area contributed by atoms with Gasteiger partial charge in [-0.3, -0.25) is 9.79 Å². The SMILES string of the molecule is CN=C(NCC(=O)N(C)C)N1CC=C(c2cccc(OC)c2)CC1.I. The molecule has 1 aromatic rings. The summed E-state index contributed by atoms with van der Waals surface area (Å²) in [7, 11) is 6.91. The molecule has 1 aliphatic rings. The lowest BCUT2D eigenvalue weighted by Gasteiger charge is -2.30. The zero-order valence-electron chi connectivity index (χ0n) is 15.3. The van der Waals surface area contributed by atoms with E-state index in [1.165, 1.54) is 11.1 Å². The Labute approximate surface area is 166 Å². The Morgan fingerprint density at radius 3 is 2.72 bits per heavy atom. The number of hydrogen-bond donors (Lipinski definition) is 1. The van der Waals surface area contributed by atoms with Gasteiger partial charge in [0.1, 0.15) is 5.75 Å². The largest absolute Gasteiger partial charge is 0.497 e. The number of likely N-dealkylation sites (N-methyl/N-ethyl adjacent to an activating group) is 1. The Bertz CT molecular complexity index is 644. The van der Waals surface area contributed by atoms with Gasteiger partial charge in [-0.1, -0.05) is 18.2 Å². The quantitative estimate of drug-likeness (QED) is 0.427. The van der Waals surface area contributed by atoms with Gasteiger partial charge in [-0.2, -0.15) is 0 Å². The average molecular weight is 458 g/mol. The second kappa shape index (κ2) is 10.3. The smallest absolute Gasteiger partial charge is 0.241 e. The van der Waals surface area contributed by atoms with Crippen LogP contribution in [-0.4, -0.2) is 69.6 Å². The first-order chi connectivity index (χ1) is 11.5. The number of rotatable bonds is 4. The number of nitrogens with one attached hydrogen (secondary N) is 1. The third-order valence-corrected chi connectivity index (χ3v) is 4.06. The van der Waals surface area contributed by atoms with Gasteiger partial charge in [0.2, 0.25) is 5.91 Å². The van der Waals surface area contributed by atoms with Crippen molar-refractivity contribution in [3.05, 3.63) is 35.9 Å². The molecule has 6 nitrogen and oxygen atoms in total. The van der Waals surface area contributed by atoms with Crippen molar-refractivity contribution in [2.24, 2.45) is 4.99 Å². The number of halogens is 1. The highest BCUT2D eigenvalue weighted by Crippen LogP contribution is 2.25. The number of methoxy groups -OCH3 is 1. The lowest BCUT2D eigenvalue weighted by molar-refractivity contribution is -0.127. The zero-order valence-corrected chi connectivity index (χ0v) is 17.6. The van der Waals surface area contributed by atoms with Crippen LogP contribution in [0.1, 0.15) is 12.0 Å². The highest BCUT2D eigenvalue weighted by Gasteiger charge is 2.17. The van der Waals surface area contributed by atoms with Gasteiger partial charge in [-0.25, -0.2) is 0 Å². The molecule has 7 heteroatoms. The number of carbonyl (C=O) groups excluding carboxylic acids is 1. The summed E-state index contributed by atoms with van der Waals surface area (Å²) in [6.45, 7) is 1.88. The number of nitrogens with zero attached hydrogens (tertiary/aromatic N) is 3. The minimum atomic E-state index is 0. The van der Waals surface area contributed by atoms with Crippen molar-refractivity contribution in [1.29, 1.82) is 0 Å². The van der Waals surface area contributed by atoms with Gasteiger partial charge in [0.25, 0.3) is 0 Å². The summed E-state index contributed by atoms with van der Waals surface area (Å²) in [6, 6.07) is 8.12. The molecule has 0 fully saturated rings. The first-order valence-electron chi connectivity index (χ1n) is 8.04. The van der Waals surface area contributed by atoms with Gasteiger partial charge in [0, 0.05) is 34.2 Å². The van der Waals surface area contributed by atoms with Crippen LogP contribution in [0, 0.1) is 0 Å². The summed E-state index contributed by atoms with van der Waals surface area (Å²) in [5.74, 6) is 1.66. The second-order valence-corrected chi connectivity index (χ2v) is 5.85. The maximum atomic E-state index is 11.7. The monoisotopic (exact) mass is 458 g/mol. The molecule has 1 aliphatic heterocycles. The topological polar surface area (TPSA) is 57.2 Å². The van der Waals surface area contributed by atoms with Gasteiger partial charge >= 0.3 is 0 Å². The van der Waals surface area contributed by atoms with E-state index >= 15 is 0 Å². The lowest BCUT2D eigenvalue weighted by Crippen LogP contribution is -2.46. The molecule has 1 N–H and O–H groups in total. The molecule has 0 bridgehead atoms. The fraction of sp³-hybridized carbons (Fsp3) is 0.444. The molecule has 0 saturated heterocycles. The molecule has 25 heavy (non-hydrogen) atoms. The minimum absolute atomic E-state index is 0. The second-order valence-electron chi connectivity index (χ2n) is 5.85. The Kier molecular flexibility index (Phi) is 8.74. The summed E-state index contributed by atoms with van der Waals surface area (Å²) < 4.78 is 5.29.